The third-order valence-corrected chi connectivity index (χ3v) is 2.60. The van der Waals surface area contributed by atoms with Gasteiger partial charge >= 0.3 is 0 Å². The lowest BCUT2D eigenvalue weighted by Crippen LogP contribution is -2.27. The van der Waals surface area contributed by atoms with E-state index in [0.29, 0.717) is 24.8 Å². The third-order valence-electron chi connectivity index (χ3n) is 2.60. The Morgan fingerprint density at radius 2 is 1.95 bits per heavy atom. The molecule has 1 rings (SSSR count). The summed E-state index contributed by atoms with van der Waals surface area (Å²) in [6.45, 7) is 5.18. The second kappa shape index (κ2) is 7.88. The molecule has 4 N–H and O–H groups in total. The second-order valence-electron chi connectivity index (χ2n) is 4.49. The van der Waals surface area contributed by atoms with Crippen molar-refractivity contribution < 1.29 is 9.47 Å². The van der Waals surface area contributed by atoms with Crippen molar-refractivity contribution in [2.75, 3.05) is 38.1 Å². The number of nitrogens with two attached hydrogens (primary N) is 1. The lowest BCUT2D eigenvalue weighted by Gasteiger charge is -2.16. The standard InChI is InChI=1S/C12H23N5O2/c1-8(2)12-15-10(5-11(16-12)17-13)14-6-9(19-4)7-18-3/h5,8-9H,6-7,13H2,1-4H3,(H2,14,15,16,17). The van der Waals surface area contributed by atoms with Crippen molar-refractivity contribution in [2.24, 2.45) is 5.84 Å². The first-order valence-electron chi connectivity index (χ1n) is 6.21. The molecule has 0 aromatic carbocycles. The van der Waals surface area contributed by atoms with Gasteiger partial charge < -0.3 is 20.2 Å². The van der Waals surface area contributed by atoms with Gasteiger partial charge in [-0.15, -0.1) is 0 Å². The lowest BCUT2D eigenvalue weighted by molar-refractivity contribution is 0.0365. The highest BCUT2D eigenvalue weighted by Crippen LogP contribution is 2.16. The van der Waals surface area contributed by atoms with Gasteiger partial charge in [0, 0.05) is 32.7 Å². The zero-order valence-corrected chi connectivity index (χ0v) is 11.9. The van der Waals surface area contributed by atoms with E-state index in [9.17, 15) is 0 Å². The molecular formula is C12H23N5O2. The van der Waals surface area contributed by atoms with Crippen LogP contribution in [-0.4, -0.2) is 43.4 Å². The van der Waals surface area contributed by atoms with Crippen molar-refractivity contribution in [1.82, 2.24) is 9.97 Å². The summed E-state index contributed by atoms with van der Waals surface area (Å²) in [5, 5.41) is 3.20. The summed E-state index contributed by atoms with van der Waals surface area (Å²) in [6.07, 6.45) is -0.0308. The fourth-order valence-corrected chi connectivity index (χ4v) is 1.50. The number of hydrogen-bond acceptors (Lipinski definition) is 7. The molecule has 0 fully saturated rings. The van der Waals surface area contributed by atoms with Crippen LogP contribution in [0, 0.1) is 0 Å². The molecule has 19 heavy (non-hydrogen) atoms. The van der Waals surface area contributed by atoms with Gasteiger partial charge in [-0.25, -0.2) is 15.8 Å². The molecule has 0 bridgehead atoms. The van der Waals surface area contributed by atoms with Crippen LogP contribution in [0.3, 0.4) is 0 Å². The van der Waals surface area contributed by atoms with Crippen molar-refractivity contribution >= 4 is 11.6 Å². The summed E-state index contributed by atoms with van der Waals surface area (Å²) in [4.78, 5) is 8.72. The number of aromatic nitrogens is 2. The van der Waals surface area contributed by atoms with Gasteiger partial charge in [-0.3, -0.25) is 0 Å². The molecular weight excluding hydrogens is 246 g/mol. The average molecular weight is 269 g/mol. The molecule has 0 aliphatic rings. The maximum Gasteiger partial charge on any atom is 0.145 e. The molecule has 0 saturated carbocycles. The van der Waals surface area contributed by atoms with Gasteiger partial charge in [0.2, 0.25) is 0 Å². The van der Waals surface area contributed by atoms with E-state index in [0.717, 1.165) is 5.82 Å². The van der Waals surface area contributed by atoms with Crippen LogP contribution in [0.5, 0.6) is 0 Å². The van der Waals surface area contributed by atoms with Gasteiger partial charge in [-0.05, 0) is 0 Å². The molecule has 0 aliphatic heterocycles. The summed E-state index contributed by atoms with van der Waals surface area (Å²) in [5.74, 6) is 7.67. The number of nitrogen functional groups attached to an aromatic ring is 1. The number of nitrogens with one attached hydrogen (secondary N) is 2. The van der Waals surface area contributed by atoms with Crippen molar-refractivity contribution in [1.29, 1.82) is 0 Å². The number of anilines is 2. The van der Waals surface area contributed by atoms with Crippen LogP contribution in [0.1, 0.15) is 25.6 Å². The van der Waals surface area contributed by atoms with Crippen molar-refractivity contribution in [2.45, 2.75) is 25.9 Å². The van der Waals surface area contributed by atoms with Gasteiger partial charge in [0.1, 0.15) is 17.5 Å². The van der Waals surface area contributed by atoms with Gasteiger partial charge in [-0.1, -0.05) is 13.8 Å². The SMILES string of the molecule is COCC(CNc1cc(NN)nc(C(C)C)n1)OC. The molecule has 0 aliphatic carbocycles. The molecule has 7 heteroatoms. The number of hydrazine groups is 1. The number of hydrogen-bond donors (Lipinski definition) is 3. The number of methoxy groups -OCH3 is 2. The van der Waals surface area contributed by atoms with E-state index < -0.39 is 0 Å². The minimum absolute atomic E-state index is 0.0308. The first-order valence-corrected chi connectivity index (χ1v) is 6.21. The molecule has 7 nitrogen and oxygen atoms in total. The van der Waals surface area contributed by atoms with E-state index in [1.165, 1.54) is 0 Å². The molecule has 108 valence electrons. The Balaban J connectivity index is 2.73. The first kappa shape index (κ1) is 15.6. The summed E-state index contributed by atoms with van der Waals surface area (Å²) >= 11 is 0. The Hall–Kier alpha value is -1.44. The monoisotopic (exact) mass is 269 g/mol. The zero-order chi connectivity index (χ0) is 14.3. The highest BCUT2D eigenvalue weighted by Gasteiger charge is 2.10. The van der Waals surface area contributed by atoms with Gasteiger partial charge in [-0.2, -0.15) is 0 Å². The Labute approximate surface area is 113 Å². The lowest BCUT2D eigenvalue weighted by atomic mass is 10.2. The molecule has 1 aromatic rings. The van der Waals surface area contributed by atoms with E-state index >= 15 is 0 Å². The molecule has 1 unspecified atom stereocenters. The van der Waals surface area contributed by atoms with E-state index in [1.54, 1.807) is 20.3 Å². The Bertz CT molecular complexity index is 386. The second-order valence-corrected chi connectivity index (χ2v) is 4.49. The van der Waals surface area contributed by atoms with Gasteiger partial charge in [0.05, 0.1) is 12.7 Å². The highest BCUT2D eigenvalue weighted by molar-refractivity contribution is 5.47. The van der Waals surface area contributed by atoms with Crippen LogP contribution < -0.4 is 16.6 Å². The molecule has 0 spiro atoms. The zero-order valence-electron chi connectivity index (χ0n) is 11.9. The maximum atomic E-state index is 5.40. The predicted octanol–water partition coefficient (Wildman–Crippen LogP) is 0.959. The van der Waals surface area contributed by atoms with E-state index in [4.69, 9.17) is 15.3 Å². The summed E-state index contributed by atoms with van der Waals surface area (Å²) in [6, 6.07) is 1.76. The van der Waals surface area contributed by atoms with Crippen molar-refractivity contribution in [3.63, 3.8) is 0 Å². The molecule has 0 radical (unpaired) electrons. The molecule has 0 amide bonds. The van der Waals surface area contributed by atoms with Gasteiger partial charge in [0.25, 0.3) is 0 Å². The summed E-state index contributed by atoms with van der Waals surface area (Å²) in [5.41, 5.74) is 2.54. The van der Waals surface area contributed by atoms with Crippen LogP contribution in [0.2, 0.25) is 0 Å². The highest BCUT2D eigenvalue weighted by atomic mass is 16.5. The first-order chi connectivity index (χ1) is 9.10. The van der Waals surface area contributed by atoms with Crippen LogP contribution in [0.15, 0.2) is 6.07 Å². The smallest absolute Gasteiger partial charge is 0.145 e. The maximum absolute atomic E-state index is 5.40. The summed E-state index contributed by atoms with van der Waals surface area (Å²) < 4.78 is 10.3. The third kappa shape index (κ3) is 4.98. The fraction of sp³-hybridized carbons (Fsp3) is 0.667. The Kier molecular flexibility index (Phi) is 6.48. The number of ether oxygens (including phenoxy) is 2. The summed E-state index contributed by atoms with van der Waals surface area (Å²) in [7, 11) is 3.29. The Morgan fingerprint density at radius 3 is 2.47 bits per heavy atom. The number of nitrogens with zero attached hydrogens (tertiary/aromatic N) is 2. The molecule has 1 atom stereocenters. The van der Waals surface area contributed by atoms with E-state index in [-0.39, 0.29) is 12.0 Å². The van der Waals surface area contributed by atoms with Gasteiger partial charge in [0.15, 0.2) is 0 Å². The molecule has 1 heterocycles. The predicted molar refractivity (Wildman–Crippen MR) is 75.1 cm³/mol. The van der Waals surface area contributed by atoms with E-state index in [2.05, 4.69) is 20.7 Å². The number of rotatable bonds is 8. The largest absolute Gasteiger partial charge is 0.382 e. The fourth-order valence-electron chi connectivity index (χ4n) is 1.50. The quantitative estimate of drug-likeness (QED) is 0.478. The minimum atomic E-state index is -0.0308. The minimum Gasteiger partial charge on any atom is -0.382 e. The van der Waals surface area contributed by atoms with Crippen molar-refractivity contribution in [3.8, 4) is 0 Å². The van der Waals surface area contributed by atoms with Crippen LogP contribution in [0.25, 0.3) is 0 Å². The van der Waals surface area contributed by atoms with Crippen LogP contribution in [0.4, 0.5) is 11.6 Å². The Morgan fingerprint density at radius 1 is 1.26 bits per heavy atom. The van der Waals surface area contributed by atoms with Crippen LogP contribution in [-0.2, 0) is 9.47 Å². The normalized spacial score (nSPS) is 12.5. The topological polar surface area (TPSA) is 94.3 Å². The van der Waals surface area contributed by atoms with E-state index in [1.807, 2.05) is 13.8 Å². The molecule has 0 saturated heterocycles. The van der Waals surface area contributed by atoms with Crippen LogP contribution >= 0.6 is 0 Å². The molecule has 1 aromatic heterocycles. The average Bonchev–Trinajstić information content (AvgIpc) is 2.42. The van der Waals surface area contributed by atoms with Crippen molar-refractivity contribution in [3.05, 3.63) is 11.9 Å².